The second kappa shape index (κ2) is 11.3. The quantitative estimate of drug-likeness (QED) is 0.131. The molecule has 0 amide bonds. The highest BCUT2D eigenvalue weighted by Crippen LogP contribution is 2.45. The maximum atomic E-state index is 13.3. The first-order valence-electron chi connectivity index (χ1n) is 12.4. The number of carbonyl (C=O) groups excluding carboxylic acids is 1. The fourth-order valence-electron chi connectivity index (χ4n) is 4.40. The number of nitro benzene ring substituents is 1. The van der Waals surface area contributed by atoms with Gasteiger partial charge in [-0.1, -0.05) is 23.7 Å². The number of nitrogens with zero attached hydrogens (tertiary/aromatic N) is 2. The highest BCUT2D eigenvalue weighted by Gasteiger charge is 2.33. The molecule has 0 fully saturated rings. The van der Waals surface area contributed by atoms with E-state index in [1.807, 2.05) is 45.9 Å². The Hall–Kier alpha value is -3.53. The number of hydrogen-bond donors (Lipinski definition) is 1. The lowest BCUT2D eigenvalue weighted by Gasteiger charge is -2.29. The second-order valence-electron chi connectivity index (χ2n) is 9.96. The van der Waals surface area contributed by atoms with Crippen LogP contribution >= 0.6 is 22.9 Å². The van der Waals surface area contributed by atoms with Gasteiger partial charge in [-0.25, -0.2) is 9.78 Å². The Morgan fingerprint density at radius 3 is 2.41 bits per heavy atom. The summed E-state index contributed by atoms with van der Waals surface area (Å²) in [7, 11) is 1.64. The number of rotatable bonds is 8. The molecule has 4 aromatic rings. The van der Waals surface area contributed by atoms with Crippen molar-refractivity contribution < 1.29 is 19.2 Å². The smallest absolute Gasteiger partial charge is 0.339 e. The number of anilines is 1. The van der Waals surface area contributed by atoms with E-state index >= 15 is 0 Å². The molecular weight excluding hydrogens is 538 g/mol. The van der Waals surface area contributed by atoms with E-state index in [1.165, 1.54) is 17.4 Å². The first-order chi connectivity index (χ1) is 18.4. The number of halogens is 1. The lowest BCUT2D eigenvalue weighted by atomic mass is 9.91. The van der Waals surface area contributed by atoms with Crippen LogP contribution < -0.4 is 5.32 Å². The molecule has 0 saturated carbocycles. The minimum Gasteiger partial charge on any atom is -0.464 e. The predicted octanol–water partition coefficient (Wildman–Crippen LogP) is 7.96. The van der Waals surface area contributed by atoms with E-state index in [1.54, 1.807) is 38.2 Å². The number of benzene rings is 3. The van der Waals surface area contributed by atoms with Crippen LogP contribution in [0.2, 0.25) is 5.02 Å². The third-order valence-electron chi connectivity index (χ3n) is 6.01. The van der Waals surface area contributed by atoms with Crippen LogP contribution in [0.1, 0.15) is 44.9 Å². The fraction of sp³-hybridized carbons (Fsp3) is 0.310. The lowest BCUT2D eigenvalue weighted by Crippen LogP contribution is -2.29. The molecular formula is C29H30ClN3O5S. The summed E-state index contributed by atoms with van der Waals surface area (Å²) in [6, 6.07) is 14.3. The standard InChI is InChI=1S/C29H30ClN3O5S/c1-7-37-28(34)25(38-29(3,4)5)23-16(2)14-21-26(24(23)17-8-11-19(30)12-9-17)39-27(32-21)18-10-13-20(31-6)22(15-18)33(35)36/h8-15,25,31H,7H2,1-6H3/t25-/m0/s1. The van der Waals surface area contributed by atoms with Crippen LogP contribution in [0.3, 0.4) is 0 Å². The van der Waals surface area contributed by atoms with Crippen molar-refractivity contribution >= 4 is 50.5 Å². The molecule has 0 aliphatic carbocycles. The summed E-state index contributed by atoms with van der Waals surface area (Å²) in [6.07, 6.45) is -0.985. The van der Waals surface area contributed by atoms with Crippen molar-refractivity contribution in [2.45, 2.75) is 46.3 Å². The second-order valence-corrected chi connectivity index (χ2v) is 11.4. The van der Waals surface area contributed by atoms with Crippen LogP contribution in [0.15, 0.2) is 48.5 Å². The number of carbonyl (C=O) groups is 1. The zero-order chi connectivity index (χ0) is 28.5. The van der Waals surface area contributed by atoms with Gasteiger partial charge in [-0.05, 0) is 76.1 Å². The van der Waals surface area contributed by atoms with Crippen LogP contribution in [-0.4, -0.2) is 35.1 Å². The summed E-state index contributed by atoms with van der Waals surface area (Å²) in [5, 5.41) is 15.7. The zero-order valence-electron chi connectivity index (χ0n) is 22.6. The molecule has 1 aromatic heterocycles. The average Bonchev–Trinajstić information content (AvgIpc) is 3.30. The van der Waals surface area contributed by atoms with Crippen LogP contribution in [-0.2, 0) is 14.3 Å². The number of hydrogen-bond acceptors (Lipinski definition) is 8. The van der Waals surface area contributed by atoms with Crippen LogP contribution in [0.25, 0.3) is 31.9 Å². The van der Waals surface area contributed by atoms with E-state index in [2.05, 4.69) is 5.32 Å². The molecule has 0 saturated heterocycles. The maximum absolute atomic E-state index is 13.3. The minimum atomic E-state index is -0.985. The molecule has 0 bridgehead atoms. The zero-order valence-corrected chi connectivity index (χ0v) is 24.2. The Morgan fingerprint density at radius 2 is 1.82 bits per heavy atom. The van der Waals surface area contributed by atoms with Gasteiger partial charge in [0.05, 0.1) is 27.3 Å². The molecule has 0 spiro atoms. The van der Waals surface area contributed by atoms with Gasteiger partial charge >= 0.3 is 5.97 Å². The van der Waals surface area contributed by atoms with Gasteiger partial charge in [0, 0.05) is 34.8 Å². The van der Waals surface area contributed by atoms with E-state index in [0.717, 1.165) is 21.4 Å². The highest BCUT2D eigenvalue weighted by molar-refractivity contribution is 7.22. The van der Waals surface area contributed by atoms with E-state index in [4.69, 9.17) is 26.1 Å². The van der Waals surface area contributed by atoms with Crippen molar-refractivity contribution in [3.63, 3.8) is 0 Å². The van der Waals surface area contributed by atoms with Gasteiger partial charge in [0.15, 0.2) is 6.10 Å². The topological polar surface area (TPSA) is 104 Å². The monoisotopic (exact) mass is 567 g/mol. The summed E-state index contributed by atoms with van der Waals surface area (Å²) in [6.45, 7) is 9.56. The van der Waals surface area contributed by atoms with Gasteiger partial charge in [0.1, 0.15) is 10.7 Å². The number of aryl methyl sites for hydroxylation is 1. The third-order valence-corrected chi connectivity index (χ3v) is 7.40. The predicted molar refractivity (Wildman–Crippen MR) is 157 cm³/mol. The van der Waals surface area contributed by atoms with Gasteiger partial charge in [-0.15, -0.1) is 11.3 Å². The Balaban J connectivity index is 2.02. The van der Waals surface area contributed by atoms with Crippen molar-refractivity contribution in [2.75, 3.05) is 19.0 Å². The number of nitrogens with one attached hydrogen (secondary N) is 1. The Labute approximate surface area is 236 Å². The number of thiazole rings is 1. The molecule has 1 atom stereocenters. The van der Waals surface area contributed by atoms with E-state index < -0.39 is 22.6 Å². The molecule has 0 unspecified atom stereocenters. The molecule has 10 heteroatoms. The van der Waals surface area contributed by atoms with E-state index in [-0.39, 0.29) is 12.3 Å². The summed E-state index contributed by atoms with van der Waals surface area (Å²) in [4.78, 5) is 29.4. The van der Waals surface area contributed by atoms with Crippen molar-refractivity contribution in [2.24, 2.45) is 0 Å². The maximum Gasteiger partial charge on any atom is 0.339 e. The number of nitro groups is 1. The van der Waals surface area contributed by atoms with E-state index in [9.17, 15) is 14.9 Å². The van der Waals surface area contributed by atoms with Gasteiger partial charge in [0.25, 0.3) is 5.69 Å². The van der Waals surface area contributed by atoms with Crippen LogP contribution in [0, 0.1) is 17.0 Å². The normalized spacial score (nSPS) is 12.4. The van der Waals surface area contributed by atoms with Crippen molar-refractivity contribution in [1.29, 1.82) is 0 Å². The Morgan fingerprint density at radius 1 is 1.15 bits per heavy atom. The molecule has 0 aliphatic heterocycles. The molecule has 39 heavy (non-hydrogen) atoms. The summed E-state index contributed by atoms with van der Waals surface area (Å²) in [5.41, 5.74) is 4.19. The first-order valence-corrected chi connectivity index (χ1v) is 13.6. The number of aromatic nitrogens is 1. The summed E-state index contributed by atoms with van der Waals surface area (Å²) in [5.74, 6) is -0.479. The summed E-state index contributed by atoms with van der Waals surface area (Å²) >= 11 is 7.61. The van der Waals surface area contributed by atoms with Gasteiger partial charge in [-0.2, -0.15) is 0 Å². The number of fused-ring (bicyclic) bond motifs is 1. The van der Waals surface area contributed by atoms with E-state index in [0.29, 0.717) is 32.4 Å². The molecule has 0 aliphatic rings. The third kappa shape index (κ3) is 6.06. The number of esters is 1. The Bertz CT molecular complexity index is 1540. The molecule has 1 heterocycles. The van der Waals surface area contributed by atoms with Gasteiger partial charge < -0.3 is 14.8 Å². The van der Waals surface area contributed by atoms with Crippen molar-refractivity contribution in [3.05, 3.63) is 74.8 Å². The van der Waals surface area contributed by atoms with Crippen molar-refractivity contribution in [1.82, 2.24) is 4.98 Å². The molecule has 4 rings (SSSR count). The first kappa shape index (κ1) is 28.5. The van der Waals surface area contributed by atoms with Gasteiger partial charge in [-0.3, -0.25) is 10.1 Å². The molecule has 8 nitrogen and oxygen atoms in total. The average molecular weight is 568 g/mol. The lowest BCUT2D eigenvalue weighted by molar-refractivity contribution is -0.383. The van der Waals surface area contributed by atoms with Crippen LogP contribution in [0.4, 0.5) is 11.4 Å². The minimum absolute atomic E-state index is 0.0370. The highest BCUT2D eigenvalue weighted by atomic mass is 35.5. The molecule has 0 radical (unpaired) electrons. The van der Waals surface area contributed by atoms with Crippen molar-refractivity contribution in [3.8, 4) is 21.7 Å². The molecule has 204 valence electrons. The fourth-order valence-corrected chi connectivity index (χ4v) is 5.65. The molecule has 3 aromatic carbocycles. The largest absolute Gasteiger partial charge is 0.464 e. The summed E-state index contributed by atoms with van der Waals surface area (Å²) < 4.78 is 12.6. The SMILES string of the molecule is CCOC(=O)[C@@H](OC(C)(C)C)c1c(C)cc2nc(-c3ccc(NC)c([N+](=O)[O-])c3)sc2c1-c1ccc(Cl)cc1. The number of ether oxygens (including phenoxy) is 2. The van der Waals surface area contributed by atoms with Gasteiger partial charge in [0.2, 0.25) is 0 Å². The molecule has 1 N–H and O–H groups in total. The van der Waals surface area contributed by atoms with Crippen LogP contribution in [0.5, 0.6) is 0 Å². The Kier molecular flexibility index (Phi) is 8.25.